The van der Waals surface area contributed by atoms with Crippen LogP contribution >= 0.6 is 11.3 Å². The first kappa shape index (κ1) is 15.6. The van der Waals surface area contributed by atoms with Crippen LogP contribution in [0.25, 0.3) is 4.96 Å². The fourth-order valence-electron chi connectivity index (χ4n) is 2.33. The first-order valence-electron chi connectivity index (χ1n) is 7.74. The number of nitrogens with zero attached hydrogens (tertiary/aromatic N) is 3. The average Bonchev–Trinajstić information content (AvgIpc) is 3.12. The van der Waals surface area contributed by atoms with Crippen molar-refractivity contribution in [1.29, 1.82) is 0 Å². The third kappa shape index (κ3) is 3.90. The normalized spacial score (nSPS) is 11.8. The lowest BCUT2D eigenvalue weighted by Crippen LogP contribution is -2.36. The molecule has 1 aromatic carbocycles. The number of nitrogens with one attached hydrogen (secondary N) is 2. The van der Waals surface area contributed by atoms with Gasteiger partial charge in [-0.2, -0.15) is 0 Å². The zero-order valence-electron chi connectivity index (χ0n) is 13.4. The summed E-state index contributed by atoms with van der Waals surface area (Å²) >= 11 is 1.64. The van der Waals surface area contributed by atoms with Gasteiger partial charge in [0.15, 0.2) is 10.9 Å². The van der Waals surface area contributed by atoms with Crippen molar-refractivity contribution in [2.45, 2.75) is 26.9 Å². The summed E-state index contributed by atoms with van der Waals surface area (Å²) in [4.78, 5) is 10.3. The van der Waals surface area contributed by atoms with E-state index in [1.807, 2.05) is 22.2 Å². The van der Waals surface area contributed by atoms with E-state index < -0.39 is 0 Å². The Morgan fingerprint density at radius 2 is 2.17 bits per heavy atom. The summed E-state index contributed by atoms with van der Waals surface area (Å²) in [7, 11) is 0. The fourth-order valence-corrected chi connectivity index (χ4v) is 3.05. The van der Waals surface area contributed by atoms with E-state index in [0.717, 1.165) is 23.2 Å². The van der Waals surface area contributed by atoms with Gasteiger partial charge in [-0.25, -0.2) is 9.98 Å². The lowest BCUT2D eigenvalue weighted by atomic mass is 10.1. The van der Waals surface area contributed by atoms with Crippen LogP contribution in [-0.4, -0.2) is 21.9 Å². The minimum atomic E-state index is 0.661. The number of aryl methyl sites for hydroxylation is 1. The standard InChI is InChI=1S/C17H21N5S/c1-3-18-16(19-10-14-7-5-4-6-13(14)2)20-11-15-12-22-8-9-23-17(22)21-15/h4-9,12H,3,10-11H2,1-2H3,(H2,18,19,20). The molecule has 0 radical (unpaired) electrons. The minimum Gasteiger partial charge on any atom is -0.357 e. The molecule has 3 aromatic rings. The molecule has 0 spiro atoms. The number of fused-ring (bicyclic) bond motifs is 1. The second-order valence-corrected chi connectivity index (χ2v) is 6.17. The number of aliphatic imine (C=N–C) groups is 1. The highest BCUT2D eigenvalue weighted by molar-refractivity contribution is 7.15. The highest BCUT2D eigenvalue weighted by Gasteiger charge is 2.04. The van der Waals surface area contributed by atoms with Gasteiger partial charge in [0.05, 0.1) is 18.8 Å². The van der Waals surface area contributed by atoms with E-state index in [0.29, 0.717) is 13.1 Å². The molecule has 23 heavy (non-hydrogen) atoms. The van der Waals surface area contributed by atoms with Crippen LogP contribution in [0.2, 0.25) is 0 Å². The van der Waals surface area contributed by atoms with Gasteiger partial charge in [-0.1, -0.05) is 24.3 Å². The van der Waals surface area contributed by atoms with Crippen molar-refractivity contribution in [2.75, 3.05) is 6.54 Å². The van der Waals surface area contributed by atoms with Crippen LogP contribution in [0.5, 0.6) is 0 Å². The van der Waals surface area contributed by atoms with Gasteiger partial charge in [-0.3, -0.25) is 4.40 Å². The number of guanidine groups is 1. The number of thiazole rings is 1. The molecular weight excluding hydrogens is 306 g/mol. The SMILES string of the molecule is CCNC(=NCc1ccccc1C)NCc1cn2ccsc2n1. The molecule has 0 unspecified atom stereocenters. The predicted octanol–water partition coefficient (Wildman–Crippen LogP) is 2.96. The maximum atomic E-state index is 4.66. The number of rotatable bonds is 5. The van der Waals surface area contributed by atoms with Crippen LogP contribution in [0, 0.1) is 6.92 Å². The topological polar surface area (TPSA) is 53.7 Å². The van der Waals surface area contributed by atoms with Crippen LogP contribution < -0.4 is 10.6 Å². The third-order valence-electron chi connectivity index (χ3n) is 3.59. The van der Waals surface area contributed by atoms with Gasteiger partial charge in [0.1, 0.15) is 0 Å². The molecule has 0 aliphatic carbocycles. The van der Waals surface area contributed by atoms with Gasteiger partial charge in [0, 0.05) is 24.3 Å². The Hall–Kier alpha value is -2.34. The number of aromatic nitrogens is 2. The molecule has 0 bridgehead atoms. The van der Waals surface area contributed by atoms with Crippen LogP contribution in [0.3, 0.4) is 0 Å². The zero-order chi connectivity index (χ0) is 16.1. The van der Waals surface area contributed by atoms with Gasteiger partial charge in [-0.05, 0) is 25.0 Å². The van der Waals surface area contributed by atoms with E-state index in [9.17, 15) is 0 Å². The molecule has 0 aliphatic rings. The summed E-state index contributed by atoms with van der Waals surface area (Å²) in [6, 6.07) is 8.33. The second kappa shape index (κ2) is 7.28. The Balaban J connectivity index is 1.64. The molecule has 0 saturated heterocycles. The predicted molar refractivity (Wildman–Crippen MR) is 95.9 cm³/mol. The summed E-state index contributed by atoms with van der Waals surface area (Å²) < 4.78 is 2.04. The van der Waals surface area contributed by atoms with E-state index in [1.165, 1.54) is 11.1 Å². The monoisotopic (exact) mass is 327 g/mol. The average molecular weight is 327 g/mol. The van der Waals surface area contributed by atoms with E-state index in [1.54, 1.807) is 11.3 Å². The van der Waals surface area contributed by atoms with Crippen LogP contribution in [-0.2, 0) is 13.1 Å². The maximum Gasteiger partial charge on any atom is 0.193 e. The van der Waals surface area contributed by atoms with Crippen molar-refractivity contribution >= 4 is 22.3 Å². The molecule has 0 amide bonds. The first-order chi connectivity index (χ1) is 11.3. The Kier molecular flexibility index (Phi) is 4.92. The van der Waals surface area contributed by atoms with Crippen molar-refractivity contribution in [1.82, 2.24) is 20.0 Å². The molecule has 120 valence electrons. The molecule has 2 N–H and O–H groups in total. The Morgan fingerprint density at radius 3 is 2.96 bits per heavy atom. The molecule has 0 saturated carbocycles. The molecule has 0 aliphatic heterocycles. The summed E-state index contributed by atoms with van der Waals surface area (Å²) in [5.41, 5.74) is 3.52. The maximum absolute atomic E-state index is 4.66. The molecular formula is C17H21N5S. The van der Waals surface area contributed by atoms with Crippen molar-refractivity contribution in [3.8, 4) is 0 Å². The van der Waals surface area contributed by atoms with E-state index in [2.05, 4.69) is 58.7 Å². The first-order valence-corrected chi connectivity index (χ1v) is 8.62. The van der Waals surface area contributed by atoms with E-state index in [4.69, 9.17) is 0 Å². The van der Waals surface area contributed by atoms with Crippen LogP contribution in [0.1, 0.15) is 23.7 Å². The third-order valence-corrected chi connectivity index (χ3v) is 4.36. The minimum absolute atomic E-state index is 0.661. The van der Waals surface area contributed by atoms with Crippen molar-refractivity contribution in [3.05, 3.63) is 58.9 Å². The number of hydrogen-bond donors (Lipinski definition) is 2. The summed E-state index contributed by atoms with van der Waals surface area (Å²) in [5.74, 6) is 0.812. The Morgan fingerprint density at radius 1 is 1.30 bits per heavy atom. The smallest absolute Gasteiger partial charge is 0.193 e. The highest BCUT2D eigenvalue weighted by Crippen LogP contribution is 2.11. The number of benzene rings is 1. The van der Waals surface area contributed by atoms with Crippen molar-refractivity contribution < 1.29 is 0 Å². The molecule has 2 aromatic heterocycles. The number of imidazole rings is 1. The summed E-state index contributed by atoms with van der Waals surface area (Å²) in [6.07, 6.45) is 4.07. The molecule has 3 rings (SSSR count). The summed E-state index contributed by atoms with van der Waals surface area (Å²) in [6.45, 7) is 6.34. The van der Waals surface area contributed by atoms with Crippen molar-refractivity contribution in [3.63, 3.8) is 0 Å². The van der Waals surface area contributed by atoms with Crippen LogP contribution in [0.4, 0.5) is 0 Å². The molecule has 5 nitrogen and oxygen atoms in total. The Bertz CT molecular complexity index is 774. The lowest BCUT2D eigenvalue weighted by molar-refractivity contribution is 0.803. The van der Waals surface area contributed by atoms with Gasteiger partial charge in [0.2, 0.25) is 0 Å². The van der Waals surface area contributed by atoms with E-state index >= 15 is 0 Å². The molecule has 0 atom stereocenters. The second-order valence-electron chi connectivity index (χ2n) is 5.30. The van der Waals surface area contributed by atoms with Crippen LogP contribution in [0.15, 0.2) is 47.0 Å². The van der Waals surface area contributed by atoms with E-state index in [-0.39, 0.29) is 0 Å². The van der Waals surface area contributed by atoms with Gasteiger partial charge < -0.3 is 10.6 Å². The zero-order valence-corrected chi connectivity index (χ0v) is 14.2. The number of hydrogen-bond acceptors (Lipinski definition) is 3. The van der Waals surface area contributed by atoms with Gasteiger partial charge >= 0.3 is 0 Å². The van der Waals surface area contributed by atoms with Gasteiger partial charge in [-0.15, -0.1) is 11.3 Å². The quantitative estimate of drug-likeness (QED) is 0.559. The fraction of sp³-hybridized carbons (Fsp3) is 0.294. The molecule has 6 heteroatoms. The van der Waals surface area contributed by atoms with Gasteiger partial charge in [0.25, 0.3) is 0 Å². The lowest BCUT2D eigenvalue weighted by Gasteiger charge is -2.10. The molecule has 0 fully saturated rings. The Labute approximate surface area is 140 Å². The summed E-state index contributed by atoms with van der Waals surface area (Å²) in [5, 5.41) is 8.66. The largest absolute Gasteiger partial charge is 0.357 e. The highest BCUT2D eigenvalue weighted by atomic mass is 32.1. The molecule has 2 heterocycles. The van der Waals surface area contributed by atoms with Crippen molar-refractivity contribution in [2.24, 2.45) is 4.99 Å².